The predicted octanol–water partition coefficient (Wildman–Crippen LogP) is 2.72. The first-order valence-corrected chi connectivity index (χ1v) is 5.31. The lowest BCUT2D eigenvalue weighted by Crippen LogP contribution is -2.11. The third-order valence-corrected chi connectivity index (χ3v) is 2.58. The van der Waals surface area contributed by atoms with E-state index in [0.717, 1.165) is 0 Å². The molecule has 0 atom stereocenters. The quantitative estimate of drug-likeness (QED) is 0.901. The molecule has 0 aliphatic rings. The molecule has 2 aromatic rings. The summed E-state index contributed by atoms with van der Waals surface area (Å²) in [4.78, 5) is 10.9. The van der Waals surface area contributed by atoms with Crippen molar-refractivity contribution in [3.05, 3.63) is 52.8 Å². The summed E-state index contributed by atoms with van der Waals surface area (Å²) in [6.45, 7) is 0. The molecule has 0 spiro atoms. The maximum absolute atomic E-state index is 12.8. The standard InChI is InChI=1S/C12H9F3N2O2/c13-12(14,15)10-8(9(11(18)19)16-17-10)6-7-4-2-1-3-5-7/h1-5H,6H2,(H,16,17)(H,18,19). The van der Waals surface area contributed by atoms with E-state index < -0.39 is 23.5 Å². The summed E-state index contributed by atoms with van der Waals surface area (Å²) in [6, 6.07) is 8.31. The summed E-state index contributed by atoms with van der Waals surface area (Å²) in [6.07, 6.45) is -4.81. The van der Waals surface area contributed by atoms with Crippen LogP contribution in [0.1, 0.15) is 27.3 Å². The highest BCUT2D eigenvalue weighted by molar-refractivity contribution is 5.87. The van der Waals surface area contributed by atoms with Crippen molar-refractivity contribution in [3.63, 3.8) is 0 Å². The Morgan fingerprint density at radius 2 is 1.89 bits per heavy atom. The van der Waals surface area contributed by atoms with E-state index in [-0.39, 0.29) is 12.0 Å². The number of hydrogen-bond donors (Lipinski definition) is 2. The van der Waals surface area contributed by atoms with Crippen LogP contribution in [0.5, 0.6) is 0 Å². The SMILES string of the molecule is O=C(O)c1n[nH]c(C(F)(F)F)c1Cc1ccccc1. The Hall–Kier alpha value is -2.31. The highest BCUT2D eigenvalue weighted by Gasteiger charge is 2.38. The van der Waals surface area contributed by atoms with Crippen molar-refractivity contribution < 1.29 is 23.1 Å². The van der Waals surface area contributed by atoms with E-state index in [1.165, 1.54) is 0 Å². The van der Waals surface area contributed by atoms with E-state index >= 15 is 0 Å². The van der Waals surface area contributed by atoms with Crippen LogP contribution in [0.3, 0.4) is 0 Å². The Labute approximate surface area is 105 Å². The number of aromatic amines is 1. The molecule has 2 rings (SSSR count). The lowest BCUT2D eigenvalue weighted by Gasteiger charge is -2.07. The molecule has 0 amide bonds. The predicted molar refractivity (Wildman–Crippen MR) is 59.8 cm³/mol. The number of carboxylic acids is 1. The van der Waals surface area contributed by atoms with Crippen LogP contribution in [-0.2, 0) is 12.6 Å². The number of aromatic carboxylic acids is 1. The van der Waals surface area contributed by atoms with Gasteiger partial charge in [-0.05, 0) is 5.56 Å². The third kappa shape index (κ3) is 2.75. The molecule has 1 aromatic heterocycles. The van der Waals surface area contributed by atoms with Gasteiger partial charge in [-0.3, -0.25) is 5.10 Å². The number of carbonyl (C=O) groups is 1. The van der Waals surface area contributed by atoms with Gasteiger partial charge in [-0.15, -0.1) is 0 Å². The lowest BCUT2D eigenvalue weighted by molar-refractivity contribution is -0.141. The molecule has 0 aliphatic heterocycles. The molecule has 19 heavy (non-hydrogen) atoms. The smallest absolute Gasteiger partial charge is 0.433 e. The second-order valence-corrected chi connectivity index (χ2v) is 3.89. The number of halogens is 3. The first kappa shape index (κ1) is 13.1. The fourth-order valence-electron chi connectivity index (χ4n) is 1.75. The molecule has 2 N–H and O–H groups in total. The Morgan fingerprint density at radius 1 is 1.26 bits per heavy atom. The number of H-pyrrole nitrogens is 1. The van der Waals surface area contributed by atoms with Gasteiger partial charge >= 0.3 is 12.1 Å². The molecule has 0 fully saturated rings. The molecule has 0 saturated heterocycles. The van der Waals surface area contributed by atoms with Crippen molar-refractivity contribution in [3.8, 4) is 0 Å². The maximum atomic E-state index is 12.8. The van der Waals surface area contributed by atoms with Gasteiger partial charge in [0.05, 0.1) is 0 Å². The summed E-state index contributed by atoms with van der Waals surface area (Å²) in [5, 5.41) is 13.9. The van der Waals surface area contributed by atoms with Crippen LogP contribution in [0.15, 0.2) is 30.3 Å². The van der Waals surface area contributed by atoms with Crippen LogP contribution >= 0.6 is 0 Å². The normalized spacial score (nSPS) is 11.5. The highest BCUT2D eigenvalue weighted by atomic mass is 19.4. The average Bonchev–Trinajstić information content (AvgIpc) is 2.74. The molecule has 7 heteroatoms. The zero-order chi connectivity index (χ0) is 14.0. The molecule has 0 bridgehead atoms. The van der Waals surface area contributed by atoms with Gasteiger partial charge in [0.25, 0.3) is 0 Å². The Balaban J connectivity index is 2.47. The number of rotatable bonds is 3. The summed E-state index contributed by atoms with van der Waals surface area (Å²) < 4.78 is 38.3. The van der Waals surface area contributed by atoms with Gasteiger partial charge in [-0.1, -0.05) is 30.3 Å². The van der Waals surface area contributed by atoms with E-state index in [4.69, 9.17) is 5.11 Å². The zero-order valence-electron chi connectivity index (χ0n) is 9.53. The number of hydrogen-bond acceptors (Lipinski definition) is 2. The van der Waals surface area contributed by atoms with Crippen molar-refractivity contribution in [1.29, 1.82) is 0 Å². The first-order valence-electron chi connectivity index (χ1n) is 5.31. The summed E-state index contributed by atoms with van der Waals surface area (Å²) in [5.41, 5.74) is -1.49. The summed E-state index contributed by atoms with van der Waals surface area (Å²) >= 11 is 0. The van der Waals surface area contributed by atoms with Crippen molar-refractivity contribution in [2.75, 3.05) is 0 Å². The van der Waals surface area contributed by atoms with Gasteiger partial charge < -0.3 is 5.11 Å². The lowest BCUT2D eigenvalue weighted by atomic mass is 10.0. The average molecular weight is 270 g/mol. The largest absolute Gasteiger partial charge is 0.476 e. The van der Waals surface area contributed by atoms with Crippen LogP contribution in [0.4, 0.5) is 13.2 Å². The Morgan fingerprint density at radius 3 is 2.42 bits per heavy atom. The van der Waals surface area contributed by atoms with Gasteiger partial charge in [-0.2, -0.15) is 18.3 Å². The minimum atomic E-state index is -4.66. The molecule has 0 unspecified atom stereocenters. The number of aromatic nitrogens is 2. The van der Waals surface area contributed by atoms with E-state index in [1.54, 1.807) is 35.4 Å². The zero-order valence-corrected chi connectivity index (χ0v) is 9.53. The first-order chi connectivity index (χ1) is 8.89. The number of benzene rings is 1. The molecule has 1 heterocycles. The fourth-order valence-corrected chi connectivity index (χ4v) is 1.75. The van der Waals surface area contributed by atoms with E-state index in [9.17, 15) is 18.0 Å². The van der Waals surface area contributed by atoms with Crippen LogP contribution in [-0.4, -0.2) is 21.3 Å². The van der Waals surface area contributed by atoms with E-state index in [1.807, 2.05) is 0 Å². The number of alkyl halides is 3. The molecular weight excluding hydrogens is 261 g/mol. The Bertz CT molecular complexity index is 591. The van der Waals surface area contributed by atoms with Crippen molar-refractivity contribution in [2.24, 2.45) is 0 Å². The molecule has 0 saturated carbocycles. The molecular formula is C12H9F3N2O2. The molecule has 4 nitrogen and oxygen atoms in total. The van der Waals surface area contributed by atoms with Crippen molar-refractivity contribution in [2.45, 2.75) is 12.6 Å². The van der Waals surface area contributed by atoms with Crippen LogP contribution < -0.4 is 0 Å². The molecule has 0 radical (unpaired) electrons. The highest BCUT2D eigenvalue weighted by Crippen LogP contribution is 2.32. The van der Waals surface area contributed by atoms with E-state index in [2.05, 4.69) is 5.10 Å². The Kier molecular flexibility index (Phi) is 3.28. The van der Waals surface area contributed by atoms with Crippen LogP contribution in [0.25, 0.3) is 0 Å². The van der Waals surface area contributed by atoms with E-state index in [0.29, 0.717) is 5.56 Å². The third-order valence-electron chi connectivity index (χ3n) is 2.58. The van der Waals surface area contributed by atoms with Gasteiger partial charge in [0, 0.05) is 12.0 Å². The second-order valence-electron chi connectivity index (χ2n) is 3.89. The van der Waals surface area contributed by atoms with Crippen molar-refractivity contribution in [1.82, 2.24) is 10.2 Å². The minimum Gasteiger partial charge on any atom is -0.476 e. The van der Waals surface area contributed by atoms with Crippen molar-refractivity contribution >= 4 is 5.97 Å². The molecule has 1 aromatic carbocycles. The fraction of sp³-hybridized carbons (Fsp3) is 0.167. The summed E-state index contributed by atoms with van der Waals surface area (Å²) in [7, 11) is 0. The number of nitrogens with one attached hydrogen (secondary N) is 1. The number of nitrogens with zero attached hydrogens (tertiary/aromatic N) is 1. The maximum Gasteiger partial charge on any atom is 0.433 e. The number of carboxylic acid groups (broad SMARTS) is 1. The van der Waals surface area contributed by atoms with Gasteiger partial charge in [0.2, 0.25) is 0 Å². The molecule has 0 aliphatic carbocycles. The topological polar surface area (TPSA) is 66.0 Å². The minimum absolute atomic E-state index is 0.145. The summed E-state index contributed by atoms with van der Waals surface area (Å²) in [5.74, 6) is -1.49. The van der Waals surface area contributed by atoms with Gasteiger partial charge in [0.15, 0.2) is 5.69 Å². The molecule has 100 valence electrons. The van der Waals surface area contributed by atoms with Crippen LogP contribution in [0, 0.1) is 0 Å². The van der Waals surface area contributed by atoms with Gasteiger partial charge in [-0.25, -0.2) is 4.79 Å². The van der Waals surface area contributed by atoms with Crippen LogP contribution in [0.2, 0.25) is 0 Å². The second kappa shape index (κ2) is 4.75. The monoisotopic (exact) mass is 270 g/mol. The van der Waals surface area contributed by atoms with Gasteiger partial charge in [0.1, 0.15) is 5.69 Å².